The van der Waals surface area contributed by atoms with Crippen molar-refractivity contribution in [2.24, 2.45) is 0 Å². The molecule has 0 unspecified atom stereocenters. The number of benzene rings is 2. The van der Waals surface area contributed by atoms with Crippen LogP contribution in [0.4, 0.5) is 5.13 Å². The van der Waals surface area contributed by atoms with E-state index in [0.717, 1.165) is 21.3 Å². The van der Waals surface area contributed by atoms with Gasteiger partial charge in [-0.05, 0) is 24.6 Å². The van der Waals surface area contributed by atoms with Gasteiger partial charge in [0.25, 0.3) is 5.91 Å². The zero-order valence-corrected chi connectivity index (χ0v) is 14.7. The van der Waals surface area contributed by atoms with E-state index in [1.54, 1.807) is 6.07 Å². The molecule has 1 N–H and O–H groups in total. The van der Waals surface area contributed by atoms with Gasteiger partial charge in [0.15, 0.2) is 16.6 Å². The van der Waals surface area contributed by atoms with Crippen LogP contribution in [0.1, 0.15) is 16.1 Å². The molecular weight excluding hydrogens is 358 g/mol. The van der Waals surface area contributed by atoms with Gasteiger partial charge in [0.1, 0.15) is 0 Å². The molecule has 0 spiro atoms. The first-order valence-electron chi connectivity index (χ1n) is 7.51. The van der Waals surface area contributed by atoms with E-state index < -0.39 is 0 Å². The van der Waals surface area contributed by atoms with Crippen LogP contribution in [0, 0.1) is 6.92 Å². The lowest BCUT2D eigenvalue weighted by atomic mass is 10.1. The summed E-state index contributed by atoms with van der Waals surface area (Å²) in [5, 5.41) is 7.75. The summed E-state index contributed by atoms with van der Waals surface area (Å²) in [5.74, 6) is 0.173. The first-order valence-corrected chi connectivity index (χ1v) is 8.70. The number of thiazole rings is 1. The predicted molar refractivity (Wildman–Crippen MR) is 99.3 cm³/mol. The lowest BCUT2D eigenvalue weighted by Crippen LogP contribution is -2.11. The van der Waals surface area contributed by atoms with Crippen molar-refractivity contribution in [3.8, 4) is 11.3 Å². The highest BCUT2D eigenvalue weighted by molar-refractivity contribution is 7.22. The molecule has 4 rings (SSSR count). The number of halogens is 1. The summed E-state index contributed by atoms with van der Waals surface area (Å²) in [6.07, 6.45) is 0. The summed E-state index contributed by atoms with van der Waals surface area (Å²) in [6.45, 7) is 1.90. The van der Waals surface area contributed by atoms with Crippen molar-refractivity contribution in [3.05, 3.63) is 64.8 Å². The summed E-state index contributed by atoms with van der Waals surface area (Å²) in [7, 11) is 0. The fraction of sp³-hybridized carbons (Fsp3) is 0.0556. The van der Waals surface area contributed by atoms with E-state index in [1.165, 1.54) is 11.3 Å². The van der Waals surface area contributed by atoms with Crippen LogP contribution in [-0.2, 0) is 0 Å². The first-order chi connectivity index (χ1) is 12.1. The maximum atomic E-state index is 12.4. The molecular formula is C18H12ClN3O2S. The van der Waals surface area contributed by atoms with Crippen LogP contribution in [0.25, 0.3) is 21.5 Å². The van der Waals surface area contributed by atoms with Crippen LogP contribution in [-0.4, -0.2) is 16.0 Å². The molecule has 124 valence electrons. The lowest BCUT2D eigenvalue weighted by molar-refractivity contribution is 0.101. The van der Waals surface area contributed by atoms with Gasteiger partial charge in [0, 0.05) is 16.7 Å². The number of fused-ring (bicyclic) bond motifs is 1. The second-order valence-electron chi connectivity index (χ2n) is 5.43. The van der Waals surface area contributed by atoms with Crippen molar-refractivity contribution < 1.29 is 9.32 Å². The summed E-state index contributed by atoms with van der Waals surface area (Å²) >= 11 is 7.50. The van der Waals surface area contributed by atoms with E-state index in [2.05, 4.69) is 15.5 Å². The van der Waals surface area contributed by atoms with Crippen LogP contribution < -0.4 is 5.32 Å². The molecule has 5 nitrogen and oxygen atoms in total. The zero-order valence-electron chi connectivity index (χ0n) is 13.1. The molecule has 4 aromatic rings. The second kappa shape index (κ2) is 6.31. The fourth-order valence-corrected chi connectivity index (χ4v) is 3.51. The molecule has 2 aromatic heterocycles. The van der Waals surface area contributed by atoms with Crippen molar-refractivity contribution >= 4 is 44.2 Å². The normalized spacial score (nSPS) is 11.0. The highest BCUT2D eigenvalue weighted by Crippen LogP contribution is 2.32. The number of aromatic nitrogens is 2. The van der Waals surface area contributed by atoms with Crippen molar-refractivity contribution in [1.82, 2.24) is 10.1 Å². The van der Waals surface area contributed by atoms with Crippen molar-refractivity contribution in [2.45, 2.75) is 6.92 Å². The van der Waals surface area contributed by atoms with E-state index in [-0.39, 0.29) is 11.6 Å². The number of aryl methyl sites for hydroxylation is 1. The van der Waals surface area contributed by atoms with Crippen LogP contribution >= 0.6 is 22.9 Å². The second-order valence-corrected chi connectivity index (χ2v) is 6.87. The largest absolute Gasteiger partial charge is 0.355 e. The van der Waals surface area contributed by atoms with E-state index >= 15 is 0 Å². The molecule has 2 heterocycles. The fourth-order valence-electron chi connectivity index (χ4n) is 2.44. The summed E-state index contributed by atoms with van der Waals surface area (Å²) in [5.41, 5.74) is 2.74. The number of nitrogens with one attached hydrogen (secondary N) is 1. The maximum Gasteiger partial charge on any atom is 0.279 e. The van der Waals surface area contributed by atoms with Crippen molar-refractivity contribution in [1.29, 1.82) is 0 Å². The quantitative estimate of drug-likeness (QED) is 0.541. The maximum absolute atomic E-state index is 12.4. The minimum atomic E-state index is -0.367. The average molecular weight is 370 g/mol. The number of carbonyl (C=O) groups is 1. The Kier molecular flexibility index (Phi) is 3.99. The molecule has 0 aliphatic heterocycles. The number of rotatable bonds is 3. The van der Waals surface area contributed by atoms with Gasteiger partial charge in [0.2, 0.25) is 0 Å². The van der Waals surface area contributed by atoms with Gasteiger partial charge in [-0.1, -0.05) is 58.4 Å². The summed E-state index contributed by atoms with van der Waals surface area (Å²) in [6, 6.07) is 14.8. The van der Waals surface area contributed by atoms with E-state index in [9.17, 15) is 4.79 Å². The topological polar surface area (TPSA) is 68.0 Å². The average Bonchev–Trinajstić information content (AvgIpc) is 3.26. The highest BCUT2D eigenvalue weighted by atomic mass is 35.5. The van der Waals surface area contributed by atoms with Gasteiger partial charge in [-0.3, -0.25) is 10.1 Å². The van der Waals surface area contributed by atoms with Crippen LogP contribution in [0.15, 0.2) is 53.1 Å². The molecule has 25 heavy (non-hydrogen) atoms. The Balaban J connectivity index is 1.58. The van der Waals surface area contributed by atoms with Crippen LogP contribution in [0.2, 0.25) is 5.02 Å². The Morgan fingerprint density at radius 1 is 1.20 bits per heavy atom. The smallest absolute Gasteiger partial charge is 0.279 e. The Labute approximate surface area is 152 Å². The third kappa shape index (κ3) is 3.01. The standard InChI is InChI=1S/C18H12ClN3O2S/c1-10-12(19)7-8-15-16(10)20-18(25-15)21-17(23)13-9-14(24-22-13)11-5-3-2-4-6-11/h2-9H,1H3,(H,20,21,23). The Hall–Kier alpha value is -2.70. The molecule has 0 atom stereocenters. The number of hydrogen-bond acceptors (Lipinski definition) is 5. The molecule has 1 amide bonds. The Morgan fingerprint density at radius 2 is 2.00 bits per heavy atom. The van der Waals surface area contributed by atoms with Crippen LogP contribution in [0.5, 0.6) is 0 Å². The number of amides is 1. The molecule has 2 aromatic carbocycles. The number of anilines is 1. The van der Waals surface area contributed by atoms with Gasteiger partial charge in [-0.2, -0.15) is 0 Å². The number of nitrogens with zero attached hydrogens (tertiary/aromatic N) is 2. The molecule has 0 saturated carbocycles. The van der Waals surface area contributed by atoms with Gasteiger partial charge in [-0.25, -0.2) is 4.98 Å². The summed E-state index contributed by atoms with van der Waals surface area (Å²) < 4.78 is 6.22. The SMILES string of the molecule is Cc1c(Cl)ccc2sc(NC(=O)c3cc(-c4ccccc4)on3)nc12. The van der Waals surface area contributed by atoms with E-state index in [1.807, 2.05) is 49.4 Å². The van der Waals surface area contributed by atoms with Crippen LogP contribution in [0.3, 0.4) is 0 Å². The number of hydrogen-bond donors (Lipinski definition) is 1. The third-order valence-electron chi connectivity index (χ3n) is 3.77. The molecule has 0 fully saturated rings. The predicted octanol–water partition coefficient (Wildman–Crippen LogP) is 5.17. The first kappa shape index (κ1) is 15.8. The minimum Gasteiger partial charge on any atom is -0.355 e. The van der Waals surface area contributed by atoms with E-state index in [0.29, 0.717) is 15.9 Å². The van der Waals surface area contributed by atoms with Gasteiger partial charge >= 0.3 is 0 Å². The molecule has 0 radical (unpaired) electrons. The van der Waals surface area contributed by atoms with Crippen molar-refractivity contribution in [2.75, 3.05) is 5.32 Å². The van der Waals surface area contributed by atoms with Crippen molar-refractivity contribution in [3.63, 3.8) is 0 Å². The third-order valence-corrected chi connectivity index (χ3v) is 5.11. The van der Waals surface area contributed by atoms with Gasteiger partial charge < -0.3 is 4.52 Å². The zero-order chi connectivity index (χ0) is 17.4. The minimum absolute atomic E-state index is 0.202. The summed E-state index contributed by atoms with van der Waals surface area (Å²) in [4.78, 5) is 16.8. The highest BCUT2D eigenvalue weighted by Gasteiger charge is 2.16. The molecule has 0 saturated heterocycles. The monoisotopic (exact) mass is 369 g/mol. The van der Waals surface area contributed by atoms with Gasteiger partial charge in [-0.15, -0.1) is 0 Å². The van der Waals surface area contributed by atoms with Gasteiger partial charge in [0.05, 0.1) is 10.2 Å². The van der Waals surface area contributed by atoms with E-state index in [4.69, 9.17) is 16.1 Å². The molecule has 0 bridgehead atoms. The number of carbonyl (C=O) groups excluding carboxylic acids is 1. The lowest BCUT2D eigenvalue weighted by Gasteiger charge is -1.97. The molecule has 0 aliphatic carbocycles. The molecule has 7 heteroatoms. The molecule has 0 aliphatic rings. The Bertz CT molecular complexity index is 1070. The Morgan fingerprint density at radius 3 is 2.80 bits per heavy atom.